The maximum absolute atomic E-state index is 12.2. The van der Waals surface area contributed by atoms with E-state index in [4.69, 9.17) is 4.42 Å². The minimum atomic E-state index is -4.38. The van der Waals surface area contributed by atoms with E-state index in [1.54, 1.807) is 19.1 Å². The molecule has 0 saturated carbocycles. The van der Waals surface area contributed by atoms with Crippen molar-refractivity contribution in [2.45, 2.75) is 13.1 Å². The monoisotopic (exact) mass is 233 g/mol. The Hall–Kier alpha value is -1.30. The van der Waals surface area contributed by atoms with Gasteiger partial charge < -0.3 is 4.42 Å². The van der Waals surface area contributed by atoms with Gasteiger partial charge in [-0.1, -0.05) is 0 Å². The molecule has 2 aromatic rings. The van der Waals surface area contributed by atoms with Gasteiger partial charge in [0.1, 0.15) is 11.5 Å². The first kappa shape index (κ1) is 10.2. The van der Waals surface area contributed by atoms with Crippen molar-refractivity contribution in [2.75, 3.05) is 0 Å². The van der Waals surface area contributed by atoms with Gasteiger partial charge in [0.25, 0.3) is 0 Å². The number of rotatable bonds is 1. The van der Waals surface area contributed by atoms with Crippen molar-refractivity contribution in [2.24, 2.45) is 0 Å². The lowest BCUT2D eigenvalue weighted by molar-refractivity contribution is -0.137. The maximum atomic E-state index is 12.2. The summed E-state index contributed by atoms with van der Waals surface area (Å²) >= 11 is 0.564. The third-order valence-electron chi connectivity index (χ3n) is 1.74. The van der Waals surface area contributed by atoms with E-state index in [1.165, 1.54) is 5.38 Å². The van der Waals surface area contributed by atoms with Gasteiger partial charge in [-0.3, -0.25) is 0 Å². The minimum absolute atomic E-state index is 0.223. The fourth-order valence-corrected chi connectivity index (χ4v) is 1.77. The first-order chi connectivity index (χ1) is 6.97. The molecule has 6 heteroatoms. The van der Waals surface area contributed by atoms with Gasteiger partial charge in [-0.2, -0.15) is 13.2 Å². The number of aromatic nitrogens is 1. The topological polar surface area (TPSA) is 26.0 Å². The van der Waals surface area contributed by atoms with Gasteiger partial charge >= 0.3 is 6.18 Å². The van der Waals surface area contributed by atoms with Crippen molar-refractivity contribution in [1.29, 1.82) is 0 Å². The van der Waals surface area contributed by atoms with Gasteiger partial charge in [-0.05, 0) is 19.1 Å². The lowest BCUT2D eigenvalue weighted by Gasteiger charge is -1.98. The molecule has 0 aliphatic heterocycles. The molecule has 0 unspecified atom stereocenters. The van der Waals surface area contributed by atoms with Crippen molar-refractivity contribution >= 4 is 11.3 Å². The SMILES string of the molecule is Cc1ccc(-c2csc(C(F)(F)F)n2)o1. The molecule has 0 N–H and O–H groups in total. The predicted molar refractivity (Wildman–Crippen MR) is 49.6 cm³/mol. The summed E-state index contributed by atoms with van der Waals surface area (Å²) in [6.07, 6.45) is -4.38. The van der Waals surface area contributed by atoms with Crippen LogP contribution in [0.3, 0.4) is 0 Å². The highest BCUT2D eigenvalue weighted by atomic mass is 32.1. The lowest BCUT2D eigenvalue weighted by atomic mass is 10.3. The molecule has 0 aliphatic rings. The molecule has 0 saturated heterocycles. The Morgan fingerprint density at radius 2 is 2.07 bits per heavy atom. The molecule has 2 heterocycles. The zero-order valence-corrected chi connectivity index (χ0v) is 8.45. The fraction of sp³-hybridized carbons (Fsp3) is 0.222. The molecule has 80 valence electrons. The van der Waals surface area contributed by atoms with E-state index in [-0.39, 0.29) is 5.69 Å². The summed E-state index contributed by atoms with van der Waals surface area (Å²) in [4.78, 5) is 3.46. The average molecular weight is 233 g/mol. The Bertz CT molecular complexity index is 472. The standard InChI is InChI=1S/C9H6F3NOS/c1-5-2-3-7(14-5)6-4-15-8(13-6)9(10,11)12/h2-4H,1H3. The van der Waals surface area contributed by atoms with Crippen molar-refractivity contribution in [1.82, 2.24) is 4.98 Å². The Kier molecular flexibility index (Phi) is 2.30. The quantitative estimate of drug-likeness (QED) is 0.750. The van der Waals surface area contributed by atoms with E-state index >= 15 is 0 Å². The van der Waals surface area contributed by atoms with Gasteiger partial charge in [-0.25, -0.2) is 4.98 Å². The van der Waals surface area contributed by atoms with Crippen molar-refractivity contribution in [3.05, 3.63) is 28.3 Å². The first-order valence-corrected chi connectivity index (χ1v) is 4.94. The van der Waals surface area contributed by atoms with E-state index in [1.807, 2.05) is 0 Å². The number of halogens is 3. The van der Waals surface area contributed by atoms with Crippen LogP contribution in [0.1, 0.15) is 10.8 Å². The number of hydrogen-bond acceptors (Lipinski definition) is 3. The molecule has 15 heavy (non-hydrogen) atoms. The number of furan rings is 1. The number of hydrogen-bond donors (Lipinski definition) is 0. The molecule has 2 rings (SSSR count). The normalized spacial score (nSPS) is 12.0. The smallest absolute Gasteiger partial charge is 0.443 e. The first-order valence-electron chi connectivity index (χ1n) is 4.06. The largest absolute Gasteiger partial charge is 0.460 e. The third-order valence-corrected chi connectivity index (χ3v) is 2.63. The van der Waals surface area contributed by atoms with Crippen molar-refractivity contribution in [3.63, 3.8) is 0 Å². The van der Waals surface area contributed by atoms with E-state index in [2.05, 4.69) is 4.98 Å². The summed E-state index contributed by atoms with van der Waals surface area (Å²) in [5, 5.41) is 0.479. The highest BCUT2D eigenvalue weighted by molar-refractivity contribution is 7.10. The molecule has 0 bridgehead atoms. The van der Waals surface area contributed by atoms with Crippen LogP contribution in [0.25, 0.3) is 11.5 Å². The van der Waals surface area contributed by atoms with Crippen molar-refractivity contribution in [3.8, 4) is 11.5 Å². The Morgan fingerprint density at radius 3 is 2.53 bits per heavy atom. The lowest BCUT2D eigenvalue weighted by Crippen LogP contribution is -2.03. The molecular formula is C9H6F3NOS. The van der Waals surface area contributed by atoms with Crippen LogP contribution in [0.5, 0.6) is 0 Å². The summed E-state index contributed by atoms with van der Waals surface area (Å²) in [6.45, 7) is 1.72. The van der Waals surface area contributed by atoms with E-state index in [0.717, 1.165) is 0 Å². The van der Waals surface area contributed by atoms with Gasteiger partial charge in [0, 0.05) is 5.38 Å². The second-order valence-electron chi connectivity index (χ2n) is 2.95. The van der Waals surface area contributed by atoms with Crippen LogP contribution in [0.4, 0.5) is 13.2 Å². The van der Waals surface area contributed by atoms with Gasteiger partial charge in [0.05, 0.1) is 0 Å². The maximum Gasteiger partial charge on any atom is 0.443 e. The zero-order chi connectivity index (χ0) is 11.1. The summed E-state index contributed by atoms with van der Waals surface area (Å²) in [6, 6.07) is 3.28. The molecule has 0 atom stereocenters. The van der Waals surface area contributed by atoms with Crippen molar-refractivity contribution < 1.29 is 17.6 Å². The summed E-state index contributed by atoms with van der Waals surface area (Å²) in [5.41, 5.74) is 0.223. The Labute approximate surface area is 87.4 Å². The van der Waals surface area contributed by atoms with Crippen LogP contribution >= 0.6 is 11.3 Å². The average Bonchev–Trinajstić information content (AvgIpc) is 2.69. The molecular weight excluding hydrogens is 227 g/mol. The highest BCUT2D eigenvalue weighted by Crippen LogP contribution is 2.34. The Balaban J connectivity index is 2.36. The van der Waals surface area contributed by atoms with Crippen LogP contribution in [-0.2, 0) is 6.18 Å². The molecule has 0 fully saturated rings. The molecule has 0 amide bonds. The minimum Gasteiger partial charge on any atom is -0.460 e. The second-order valence-corrected chi connectivity index (χ2v) is 3.80. The number of aryl methyl sites for hydroxylation is 1. The van der Waals surface area contributed by atoms with E-state index in [0.29, 0.717) is 22.9 Å². The summed E-state index contributed by atoms with van der Waals surface area (Å²) in [7, 11) is 0. The Morgan fingerprint density at radius 1 is 1.33 bits per heavy atom. The summed E-state index contributed by atoms with van der Waals surface area (Å²) in [5.74, 6) is 1.01. The van der Waals surface area contributed by atoms with Gasteiger partial charge in [0.2, 0.25) is 0 Å². The van der Waals surface area contributed by atoms with Crippen LogP contribution in [0, 0.1) is 6.92 Å². The van der Waals surface area contributed by atoms with Gasteiger partial charge in [-0.15, -0.1) is 11.3 Å². The molecule has 0 radical (unpaired) electrons. The fourth-order valence-electron chi connectivity index (χ4n) is 1.09. The molecule has 0 aromatic carbocycles. The molecule has 2 aromatic heterocycles. The summed E-state index contributed by atoms with van der Waals surface area (Å²) < 4.78 is 41.9. The second kappa shape index (κ2) is 3.37. The van der Waals surface area contributed by atoms with Crippen LogP contribution in [-0.4, -0.2) is 4.98 Å². The highest BCUT2D eigenvalue weighted by Gasteiger charge is 2.34. The van der Waals surface area contributed by atoms with Crippen LogP contribution in [0.15, 0.2) is 21.9 Å². The molecule has 2 nitrogen and oxygen atoms in total. The zero-order valence-electron chi connectivity index (χ0n) is 7.63. The predicted octanol–water partition coefficient (Wildman–Crippen LogP) is 3.73. The van der Waals surface area contributed by atoms with Crippen LogP contribution in [0.2, 0.25) is 0 Å². The number of nitrogens with zero attached hydrogens (tertiary/aromatic N) is 1. The molecule has 0 spiro atoms. The third kappa shape index (κ3) is 2.04. The van der Waals surface area contributed by atoms with Gasteiger partial charge in [0.15, 0.2) is 10.8 Å². The number of alkyl halides is 3. The van der Waals surface area contributed by atoms with E-state index < -0.39 is 11.2 Å². The molecule has 0 aliphatic carbocycles. The van der Waals surface area contributed by atoms with E-state index in [9.17, 15) is 13.2 Å². The number of thiazole rings is 1. The van der Waals surface area contributed by atoms with Crippen LogP contribution < -0.4 is 0 Å².